The van der Waals surface area contributed by atoms with Gasteiger partial charge in [-0.25, -0.2) is 0 Å². The Morgan fingerprint density at radius 1 is 1.14 bits per heavy atom. The molecule has 2 amide bonds. The van der Waals surface area contributed by atoms with E-state index in [1.807, 2.05) is 19.1 Å². The molecule has 0 bridgehead atoms. The highest BCUT2D eigenvalue weighted by Crippen LogP contribution is 2.51. The molecule has 1 aromatic carbocycles. The van der Waals surface area contributed by atoms with Crippen LogP contribution in [0.15, 0.2) is 18.2 Å². The molecule has 190 valence electrons. The number of amides is 2. The quantitative estimate of drug-likeness (QED) is 0.690. The van der Waals surface area contributed by atoms with E-state index in [1.165, 1.54) is 0 Å². The Morgan fingerprint density at radius 2 is 1.83 bits per heavy atom. The molecule has 3 aliphatic heterocycles. The Balaban J connectivity index is 1.58. The van der Waals surface area contributed by atoms with Crippen molar-refractivity contribution in [3.63, 3.8) is 0 Å². The molecule has 0 aromatic heterocycles. The van der Waals surface area contributed by atoms with Crippen molar-refractivity contribution in [2.24, 2.45) is 17.1 Å². The smallest absolute Gasteiger partial charge is 0.249 e. The zero-order chi connectivity index (χ0) is 24.9. The van der Waals surface area contributed by atoms with E-state index in [0.29, 0.717) is 17.7 Å². The van der Waals surface area contributed by atoms with Crippen LogP contribution in [0, 0.1) is 11.3 Å². The largest absolute Gasteiger partial charge is 0.369 e. The number of ketones is 1. The molecule has 4 aliphatic rings. The van der Waals surface area contributed by atoms with Crippen LogP contribution in [-0.2, 0) is 14.3 Å². The van der Waals surface area contributed by atoms with Gasteiger partial charge in [0.25, 0.3) is 0 Å². The summed E-state index contributed by atoms with van der Waals surface area (Å²) in [6.45, 7) is 8.47. The molecule has 4 fully saturated rings. The molecule has 8 heteroatoms. The molecule has 3 saturated heterocycles. The third kappa shape index (κ3) is 4.25. The molecule has 3 heterocycles. The van der Waals surface area contributed by atoms with E-state index in [1.54, 1.807) is 11.0 Å². The maximum Gasteiger partial charge on any atom is 0.249 e. The Bertz CT molecular complexity index is 1010. The Hall–Kier alpha value is -2.45. The van der Waals surface area contributed by atoms with Crippen LogP contribution in [0.4, 0.5) is 5.69 Å². The highest BCUT2D eigenvalue weighted by molar-refractivity contribution is 5.99. The first-order valence-corrected chi connectivity index (χ1v) is 13.0. The second kappa shape index (κ2) is 9.21. The SMILES string of the molecule is C[C@H]1CN(C(=O)[C@H](c2cc(N3CCN(C)CC3)ccc2C(N)=O)C2(C)CCCC2)[C@@H]2C(=O)CO[C@@H]21. The lowest BCUT2D eigenvalue weighted by Gasteiger charge is -2.39. The molecule has 2 N–H and O–H groups in total. The third-order valence-electron chi connectivity index (χ3n) is 8.89. The number of ether oxygens (including phenoxy) is 1. The van der Waals surface area contributed by atoms with Crippen LogP contribution in [0.25, 0.3) is 0 Å². The van der Waals surface area contributed by atoms with E-state index in [0.717, 1.165) is 57.5 Å². The fraction of sp³-hybridized carbons (Fsp3) is 0.667. The van der Waals surface area contributed by atoms with E-state index in [-0.39, 0.29) is 35.7 Å². The van der Waals surface area contributed by atoms with Crippen molar-refractivity contribution in [1.29, 1.82) is 0 Å². The summed E-state index contributed by atoms with van der Waals surface area (Å²) in [4.78, 5) is 46.1. The molecule has 1 saturated carbocycles. The van der Waals surface area contributed by atoms with Gasteiger partial charge in [0.15, 0.2) is 5.78 Å². The van der Waals surface area contributed by atoms with Crippen molar-refractivity contribution in [3.8, 4) is 0 Å². The Morgan fingerprint density at radius 3 is 2.49 bits per heavy atom. The molecule has 0 radical (unpaired) electrons. The number of hydrogen-bond donors (Lipinski definition) is 1. The van der Waals surface area contributed by atoms with E-state index < -0.39 is 17.9 Å². The number of benzene rings is 1. The highest BCUT2D eigenvalue weighted by atomic mass is 16.5. The molecular formula is C27H38N4O4. The van der Waals surface area contributed by atoms with Crippen molar-refractivity contribution in [1.82, 2.24) is 9.80 Å². The average Bonchev–Trinajstić information content (AvgIpc) is 3.52. The number of carbonyl (C=O) groups excluding carboxylic acids is 3. The number of nitrogens with zero attached hydrogens (tertiary/aromatic N) is 3. The van der Waals surface area contributed by atoms with Gasteiger partial charge in [0.2, 0.25) is 11.8 Å². The number of anilines is 1. The number of hydrogen-bond acceptors (Lipinski definition) is 6. The molecular weight excluding hydrogens is 444 g/mol. The number of nitrogens with two attached hydrogens (primary N) is 1. The summed E-state index contributed by atoms with van der Waals surface area (Å²) in [6, 6.07) is 5.25. The summed E-state index contributed by atoms with van der Waals surface area (Å²) in [5.74, 6) is -1.04. The lowest BCUT2D eigenvalue weighted by atomic mass is 9.70. The predicted molar refractivity (Wildman–Crippen MR) is 133 cm³/mol. The number of fused-ring (bicyclic) bond motifs is 1. The summed E-state index contributed by atoms with van der Waals surface area (Å²) < 4.78 is 5.76. The first kappa shape index (κ1) is 24.3. The standard InChI is InChI=1S/C27H38N4O4/c1-17-15-31(23-21(32)16-35-24(17)23)26(34)22(27(2)8-4-5-9-27)20-14-18(6-7-19(20)25(28)33)30-12-10-29(3)11-13-30/h6-7,14,17,22-24H,4-5,8-13,15-16H2,1-3H3,(H2,28,33)/t17-,22-,23+,24+/m0/s1. The topological polar surface area (TPSA) is 96.2 Å². The number of piperazine rings is 1. The number of carbonyl (C=O) groups is 3. The predicted octanol–water partition coefficient (Wildman–Crippen LogP) is 2.02. The van der Waals surface area contributed by atoms with Crippen molar-refractivity contribution in [3.05, 3.63) is 29.3 Å². The second-order valence-corrected chi connectivity index (χ2v) is 11.4. The van der Waals surface area contributed by atoms with Crippen LogP contribution >= 0.6 is 0 Å². The van der Waals surface area contributed by atoms with Gasteiger partial charge in [0.1, 0.15) is 12.6 Å². The zero-order valence-corrected chi connectivity index (χ0v) is 21.2. The minimum Gasteiger partial charge on any atom is -0.369 e. The zero-order valence-electron chi connectivity index (χ0n) is 21.2. The van der Waals surface area contributed by atoms with E-state index in [2.05, 4.69) is 23.8 Å². The maximum atomic E-state index is 14.4. The van der Waals surface area contributed by atoms with Crippen molar-refractivity contribution in [2.45, 2.75) is 57.6 Å². The summed E-state index contributed by atoms with van der Waals surface area (Å²) in [5, 5.41) is 0. The number of rotatable bonds is 5. The maximum absolute atomic E-state index is 14.4. The summed E-state index contributed by atoms with van der Waals surface area (Å²) in [6.07, 6.45) is 3.67. The molecule has 0 spiro atoms. The summed E-state index contributed by atoms with van der Waals surface area (Å²) in [7, 11) is 2.12. The molecule has 4 atom stereocenters. The van der Waals surface area contributed by atoms with Crippen LogP contribution < -0.4 is 10.6 Å². The van der Waals surface area contributed by atoms with Crippen LogP contribution in [0.3, 0.4) is 0 Å². The second-order valence-electron chi connectivity index (χ2n) is 11.4. The van der Waals surface area contributed by atoms with E-state index in [4.69, 9.17) is 10.5 Å². The average molecular weight is 483 g/mol. The fourth-order valence-electron chi connectivity index (χ4n) is 6.84. The van der Waals surface area contributed by atoms with Crippen LogP contribution in [0.5, 0.6) is 0 Å². The van der Waals surface area contributed by atoms with Crippen molar-refractivity contribution >= 4 is 23.3 Å². The van der Waals surface area contributed by atoms with Crippen LogP contribution in [-0.4, -0.2) is 85.9 Å². The molecule has 5 rings (SSSR count). The normalized spacial score (nSPS) is 29.5. The van der Waals surface area contributed by atoms with Gasteiger partial charge in [-0.1, -0.05) is 26.7 Å². The first-order valence-electron chi connectivity index (χ1n) is 13.0. The van der Waals surface area contributed by atoms with Gasteiger partial charge in [-0.3, -0.25) is 14.4 Å². The molecule has 1 aliphatic carbocycles. The van der Waals surface area contributed by atoms with Crippen LogP contribution in [0.1, 0.15) is 61.4 Å². The summed E-state index contributed by atoms with van der Waals surface area (Å²) in [5.41, 5.74) is 7.71. The number of primary amides is 1. The van der Waals surface area contributed by atoms with Gasteiger partial charge in [0.05, 0.1) is 12.0 Å². The molecule has 35 heavy (non-hydrogen) atoms. The minimum absolute atomic E-state index is 0.0238. The highest BCUT2D eigenvalue weighted by Gasteiger charge is 2.54. The first-order chi connectivity index (χ1) is 16.7. The Kier molecular flexibility index (Phi) is 6.38. The van der Waals surface area contributed by atoms with Gasteiger partial charge < -0.3 is 25.2 Å². The van der Waals surface area contributed by atoms with Crippen molar-refractivity contribution < 1.29 is 19.1 Å². The van der Waals surface area contributed by atoms with Gasteiger partial charge in [-0.15, -0.1) is 0 Å². The van der Waals surface area contributed by atoms with E-state index in [9.17, 15) is 14.4 Å². The number of Topliss-reactive ketones (excluding diaryl/α,β-unsaturated/α-hetero) is 1. The molecule has 1 aromatic rings. The van der Waals surface area contributed by atoms with Gasteiger partial charge in [-0.05, 0) is 49.1 Å². The minimum atomic E-state index is -0.528. The Labute approximate surface area is 207 Å². The summed E-state index contributed by atoms with van der Waals surface area (Å²) >= 11 is 0. The number of likely N-dealkylation sites (tertiary alicyclic amines) is 1. The number of likely N-dealkylation sites (N-methyl/N-ethyl adjacent to an activating group) is 1. The van der Waals surface area contributed by atoms with Gasteiger partial charge >= 0.3 is 0 Å². The van der Waals surface area contributed by atoms with Crippen LogP contribution in [0.2, 0.25) is 0 Å². The molecule has 0 unspecified atom stereocenters. The fourth-order valence-corrected chi connectivity index (χ4v) is 6.84. The lowest BCUT2D eigenvalue weighted by Crippen LogP contribution is -2.47. The third-order valence-corrected chi connectivity index (χ3v) is 8.89. The molecule has 8 nitrogen and oxygen atoms in total. The van der Waals surface area contributed by atoms with Crippen molar-refractivity contribution in [2.75, 3.05) is 51.3 Å². The van der Waals surface area contributed by atoms with E-state index >= 15 is 0 Å². The lowest BCUT2D eigenvalue weighted by molar-refractivity contribution is -0.140. The monoisotopic (exact) mass is 482 g/mol. The van der Waals surface area contributed by atoms with Gasteiger partial charge in [-0.2, -0.15) is 0 Å². The van der Waals surface area contributed by atoms with Gasteiger partial charge in [0, 0.05) is 49.9 Å².